The number of carbonyl (C=O) groups excluding carboxylic acids is 2. The number of rotatable bonds is 6. The van der Waals surface area contributed by atoms with Crippen LogP contribution >= 0.6 is 23.2 Å². The SMILES string of the molecule is CCOC(=O)/C(=C\Nc1nnnn1C)C(=O)c1cc(F)c(Cl)nc1Cl. The number of esters is 1. The molecule has 2 aromatic rings. The summed E-state index contributed by atoms with van der Waals surface area (Å²) in [6.07, 6.45) is 1.04. The Hall–Kier alpha value is -2.59. The van der Waals surface area contributed by atoms with Crippen LogP contribution in [0.1, 0.15) is 17.3 Å². The lowest BCUT2D eigenvalue weighted by Gasteiger charge is -2.08. The van der Waals surface area contributed by atoms with Gasteiger partial charge in [0.05, 0.1) is 12.2 Å². The van der Waals surface area contributed by atoms with Crippen LogP contribution in [0.15, 0.2) is 17.8 Å². The second-order valence-corrected chi connectivity index (χ2v) is 5.19. The van der Waals surface area contributed by atoms with Gasteiger partial charge in [-0.1, -0.05) is 28.3 Å². The number of anilines is 1. The summed E-state index contributed by atoms with van der Waals surface area (Å²) in [4.78, 5) is 28.2. The average molecular weight is 389 g/mol. The van der Waals surface area contributed by atoms with Gasteiger partial charge in [-0.2, -0.15) is 0 Å². The number of hydrogen-bond donors (Lipinski definition) is 1. The van der Waals surface area contributed by atoms with E-state index in [0.717, 1.165) is 12.3 Å². The Morgan fingerprint density at radius 2 is 2.12 bits per heavy atom. The zero-order chi connectivity index (χ0) is 18.6. The number of aromatic nitrogens is 5. The van der Waals surface area contributed by atoms with Crippen molar-refractivity contribution in [2.75, 3.05) is 11.9 Å². The monoisotopic (exact) mass is 388 g/mol. The fourth-order valence-electron chi connectivity index (χ4n) is 1.66. The van der Waals surface area contributed by atoms with Crippen LogP contribution in [0.3, 0.4) is 0 Å². The van der Waals surface area contributed by atoms with Crippen molar-refractivity contribution in [1.82, 2.24) is 25.2 Å². The number of halogens is 3. The smallest absolute Gasteiger partial charge is 0.343 e. The van der Waals surface area contributed by atoms with Crippen molar-refractivity contribution in [2.24, 2.45) is 7.05 Å². The van der Waals surface area contributed by atoms with E-state index in [-0.39, 0.29) is 23.3 Å². The van der Waals surface area contributed by atoms with Crippen molar-refractivity contribution in [3.63, 3.8) is 0 Å². The molecular weight excluding hydrogens is 378 g/mol. The van der Waals surface area contributed by atoms with Gasteiger partial charge in [-0.05, 0) is 23.4 Å². The second-order valence-electron chi connectivity index (χ2n) is 4.48. The van der Waals surface area contributed by atoms with Gasteiger partial charge in [0.2, 0.25) is 11.7 Å². The third-order valence-corrected chi connectivity index (χ3v) is 3.39. The summed E-state index contributed by atoms with van der Waals surface area (Å²) in [7, 11) is 1.54. The highest BCUT2D eigenvalue weighted by atomic mass is 35.5. The van der Waals surface area contributed by atoms with Crippen molar-refractivity contribution >= 4 is 40.9 Å². The van der Waals surface area contributed by atoms with E-state index in [1.165, 1.54) is 11.7 Å². The minimum atomic E-state index is -0.955. The maximum atomic E-state index is 13.6. The van der Waals surface area contributed by atoms with Gasteiger partial charge in [-0.3, -0.25) is 4.79 Å². The van der Waals surface area contributed by atoms with E-state index in [4.69, 9.17) is 27.9 Å². The number of pyridine rings is 1. The van der Waals surface area contributed by atoms with Crippen LogP contribution in [0.4, 0.5) is 10.3 Å². The van der Waals surface area contributed by atoms with Crippen LogP contribution in [-0.4, -0.2) is 43.6 Å². The summed E-state index contributed by atoms with van der Waals surface area (Å²) in [6, 6.07) is 0.789. The zero-order valence-electron chi connectivity index (χ0n) is 13.0. The molecule has 25 heavy (non-hydrogen) atoms. The van der Waals surface area contributed by atoms with E-state index in [1.54, 1.807) is 6.92 Å². The maximum Gasteiger partial charge on any atom is 0.343 e. The van der Waals surface area contributed by atoms with Crippen LogP contribution in [0, 0.1) is 5.82 Å². The first-order chi connectivity index (χ1) is 11.8. The molecule has 0 fully saturated rings. The van der Waals surface area contributed by atoms with E-state index in [1.807, 2.05) is 0 Å². The van der Waals surface area contributed by atoms with Crippen molar-refractivity contribution in [3.05, 3.63) is 39.5 Å². The Morgan fingerprint density at radius 3 is 2.72 bits per heavy atom. The number of aryl methyl sites for hydroxylation is 1. The van der Waals surface area contributed by atoms with Gasteiger partial charge in [-0.15, -0.1) is 0 Å². The number of tetrazole rings is 1. The summed E-state index contributed by atoms with van der Waals surface area (Å²) in [6.45, 7) is 1.59. The number of ether oxygens (including phenoxy) is 1. The summed E-state index contributed by atoms with van der Waals surface area (Å²) < 4.78 is 19.7. The lowest BCUT2D eigenvalue weighted by Crippen LogP contribution is -2.19. The van der Waals surface area contributed by atoms with Crippen LogP contribution in [0.25, 0.3) is 0 Å². The molecule has 0 spiro atoms. The topological polar surface area (TPSA) is 112 Å². The lowest BCUT2D eigenvalue weighted by atomic mass is 10.1. The molecule has 0 amide bonds. The minimum absolute atomic E-state index is 0.0237. The summed E-state index contributed by atoms with van der Waals surface area (Å²) in [5, 5.41) is 12.4. The van der Waals surface area contributed by atoms with Crippen molar-refractivity contribution < 1.29 is 18.7 Å². The highest BCUT2D eigenvalue weighted by molar-refractivity contribution is 6.37. The van der Waals surface area contributed by atoms with Gasteiger partial charge in [-0.25, -0.2) is 18.9 Å². The molecule has 0 saturated carbocycles. The third kappa shape index (κ3) is 4.28. The largest absolute Gasteiger partial charge is 0.462 e. The first-order valence-corrected chi connectivity index (χ1v) is 7.53. The van der Waals surface area contributed by atoms with Crippen molar-refractivity contribution in [3.8, 4) is 0 Å². The number of hydrogen-bond acceptors (Lipinski definition) is 8. The molecule has 0 aliphatic heterocycles. The van der Waals surface area contributed by atoms with Gasteiger partial charge >= 0.3 is 5.97 Å². The van der Waals surface area contributed by atoms with Crippen molar-refractivity contribution in [1.29, 1.82) is 0 Å². The predicted octanol–water partition coefficient (Wildman–Crippen LogP) is 1.79. The van der Waals surface area contributed by atoms with Crippen LogP contribution in [0.2, 0.25) is 10.3 Å². The Balaban J connectivity index is 2.41. The quantitative estimate of drug-likeness (QED) is 0.199. The molecule has 0 bridgehead atoms. The number of nitrogens with zero attached hydrogens (tertiary/aromatic N) is 5. The van der Waals surface area contributed by atoms with E-state index < -0.39 is 28.3 Å². The van der Waals surface area contributed by atoms with Crippen LogP contribution in [-0.2, 0) is 16.6 Å². The standard InChI is InChI=1S/C13H11Cl2FN6O3/c1-3-25-12(24)7(5-17-13-19-20-21-22(13)2)9(23)6-4-8(16)11(15)18-10(6)14/h4-5H,3H2,1-2H3,(H,17,19,21)/b7-5-. The average Bonchev–Trinajstić information content (AvgIpc) is 2.96. The van der Waals surface area contributed by atoms with Crippen molar-refractivity contribution in [2.45, 2.75) is 6.92 Å². The molecule has 0 saturated heterocycles. The molecule has 0 aromatic carbocycles. The normalized spacial score (nSPS) is 11.3. The van der Waals surface area contributed by atoms with Gasteiger partial charge < -0.3 is 10.1 Å². The molecule has 0 atom stereocenters. The predicted molar refractivity (Wildman–Crippen MR) is 85.7 cm³/mol. The number of carbonyl (C=O) groups is 2. The Bertz CT molecular complexity index is 854. The summed E-state index contributed by atoms with van der Waals surface area (Å²) in [5.74, 6) is -2.65. The van der Waals surface area contributed by atoms with Gasteiger partial charge in [0.1, 0.15) is 10.7 Å². The summed E-state index contributed by atoms with van der Waals surface area (Å²) in [5.41, 5.74) is -0.795. The zero-order valence-corrected chi connectivity index (χ0v) is 14.5. The molecule has 1 N–H and O–H groups in total. The molecule has 2 aromatic heterocycles. The molecule has 0 aliphatic rings. The third-order valence-electron chi connectivity index (χ3n) is 2.84. The van der Waals surface area contributed by atoms with Gasteiger partial charge in [0.15, 0.2) is 11.0 Å². The molecule has 0 unspecified atom stereocenters. The fraction of sp³-hybridized carbons (Fsp3) is 0.231. The number of ketones is 1. The van der Waals surface area contributed by atoms with Gasteiger partial charge in [0.25, 0.3) is 0 Å². The van der Waals surface area contributed by atoms with E-state index in [0.29, 0.717) is 0 Å². The highest BCUT2D eigenvalue weighted by Crippen LogP contribution is 2.23. The molecule has 2 heterocycles. The number of Topliss-reactive ketones (excluding diaryl/α,β-unsaturated/α-hetero) is 1. The number of nitrogens with one attached hydrogen (secondary N) is 1. The van der Waals surface area contributed by atoms with Crippen LogP contribution < -0.4 is 5.32 Å². The molecule has 0 aliphatic carbocycles. The molecule has 2 rings (SSSR count). The molecule has 12 heteroatoms. The van der Waals surface area contributed by atoms with Crippen LogP contribution in [0.5, 0.6) is 0 Å². The lowest BCUT2D eigenvalue weighted by molar-refractivity contribution is -0.138. The highest BCUT2D eigenvalue weighted by Gasteiger charge is 2.25. The molecule has 0 radical (unpaired) electrons. The Kier molecular flexibility index (Phi) is 5.99. The first-order valence-electron chi connectivity index (χ1n) is 6.77. The maximum absolute atomic E-state index is 13.6. The minimum Gasteiger partial charge on any atom is -0.462 e. The summed E-state index contributed by atoms with van der Waals surface area (Å²) >= 11 is 11.3. The molecular formula is C13H11Cl2FN6O3. The van der Waals surface area contributed by atoms with Gasteiger partial charge in [0, 0.05) is 13.2 Å². The Labute approximate surface area is 150 Å². The van der Waals surface area contributed by atoms with E-state index in [2.05, 4.69) is 25.8 Å². The Morgan fingerprint density at radius 1 is 1.40 bits per heavy atom. The van der Waals surface area contributed by atoms with E-state index in [9.17, 15) is 14.0 Å². The fourth-order valence-corrected chi connectivity index (χ4v) is 2.07. The second kappa shape index (κ2) is 7.99. The molecule has 132 valence electrons. The first kappa shape index (κ1) is 18.7. The molecule has 9 nitrogen and oxygen atoms in total. The van der Waals surface area contributed by atoms with E-state index >= 15 is 0 Å².